The van der Waals surface area contributed by atoms with Crippen LogP contribution in [0.5, 0.6) is 5.75 Å². The molecule has 0 amide bonds. The van der Waals surface area contributed by atoms with Crippen molar-refractivity contribution >= 4 is 21.4 Å². The first-order chi connectivity index (χ1) is 9.35. The van der Waals surface area contributed by atoms with Crippen LogP contribution in [0.25, 0.3) is 0 Å². The van der Waals surface area contributed by atoms with E-state index in [0.29, 0.717) is 6.61 Å². The van der Waals surface area contributed by atoms with Gasteiger partial charge in [-0.1, -0.05) is 13.0 Å². The SMILES string of the molecule is CCCOc1cccc(NCCS(N)(=O)=O)c1[N+](=O)[O-]. The summed E-state index contributed by atoms with van der Waals surface area (Å²) in [4.78, 5) is 10.5. The molecular formula is C11H17N3O5S. The Morgan fingerprint density at radius 1 is 1.45 bits per heavy atom. The summed E-state index contributed by atoms with van der Waals surface area (Å²) in [6.45, 7) is 2.23. The van der Waals surface area contributed by atoms with Gasteiger partial charge in [0.1, 0.15) is 5.69 Å². The van der Waals surface area contributed by atoms with Crippen LogP contribution >= 0.6 is 0 Å². The second-order valence-electron chi connectivity index (χ2n) is 4.05. The molecule has 0 heterocycles. The first kappa shape index (κ1) is 16.2. The molecule has 0 saturated heterocycles. The molecule has 1 aromatic rings. The molecule has 0 bridgehead atoms. The molecule has 0 unspecified atom stereocenters. The summed E-state index contributed by atoms with van der Waals surface area (Å²) >= 11 is 0. The van der Waals surface area contributed by atoms with Crippen molar-refractivity contribution in [3.8, 4) is 5.75 Å². The highest BCUT2D eigenvalue weighted by molar-refractivity contribution is 7.89. The Balaban J connectivity index is 2.91. The van der Waals surface area contributed by atoms with Crippen molar-refractivity contribution in [2.45, 2.75) is 13.3 Å². The number of sulfonamides is 1. The maximum Gasteiger partial charge on any atom is 0.333 e. The lowest BCUT2D eigenvalue weighted by atomic mass is 10.2. The summed E-state index contributed by atoms with van der Waals surface area (Å²) in [7, 11) is -3.62. The average molecular weight is 303 g/mol. The first-order valence-corrected chi connectivity index (χ1v) is 7.71. The maximum absolute atomic E-state index is 11.1. The molecular weight excluding hydrogens is 286 g/mol. The lowest BCUT2D eigenvalue weighted by Crippen LogP contribution is -2.22. The van der Waals surface area contributed by atoms with Gasteiger partial charge in [0.25, 0.3) is 0 Å². The third kappa shape index (κ3) is 5.02. The van der Waals surface area contributed by atoms with Crippen molar-refractivity contribution in [2.75, 3.05) is 24.2 Å². The van der Waals surface area contributed by atoms with Gasteiger partial charge in [0.2, 0.25) is 10.0 Å². The van der Waals surface area contributed by atoms with Crippen LogP contribution in [0.1, 0.15) is 13.3 Å². The molecule has 0 fully saturated rings. The Hall–Kier alpha value is -1.87. The van der Waals surface area contributed by atoms with Crippen molar-refractivity contribution in [3.63, 3.8) is 0 Å². The molecule has 112 valence electrons. The number of rotatable bonds is 8. The zero-order chi connectivity index (χ0) is 15.2. The highest BCUT2D eigenvalue weighted by atomic mass is 32.2. The van der Waals surface area contributed by atoms with Gasteiger partial charge in [-0.05, 0) is 18.6 Å². The Morgan fingerprint density at radius 2 is 2.15 bits per heavy atom. The van der Waals surface area contributed by atoms with Gasteiger partial charge in [0.05, 0.1) is 17.3 Å². The van der Waals surface area contributed by atoms with Crippen molar-refractivity contribution in [3.05, 3.63) is 28.3 Å². The number of nitro benzene ring substituents is 1. The number of hydrogen-bond acceptors (Lipinski definition) is 6. The van der Waals surface area contributed by atoms with E-state index in [2.05, 4.69) is 5.32 Å². The van der Waals surface area contributed by atoms with Gasteiger partial charge in [-0.2, -0.15) is 0 Å². The minimum absolute atomic E-state index is 0.0170. The van der Waals surface area contributed by atoms with Crippen molar-refractivity contribution in [1.29, 1.82) is 0 Å². The number of primary sulfonamides is 1. The fraction of sp³-hybridized carbons (Fsp3) is 0.455. The van der Waals surface area contributed by atoms with E-state index < -0.39 is 14.9 Å². The summed E-state index contributed by atoms with van der Waals surface area (Å²) in [5.41, 5.74) is -0.0115. The number of para-hydroxylation sites is 1. The number of nitrogens with zero attached hydrogens (tertiary/aromatic N) is 1. The van der Waals surface area contributed by atoms with Crippen LogP contribution in [0, 0.1) is 10.1 Å². The predicted octanol–water partition coefficient (Wildman–Crippen LogP) is 1.08. The van der Waals surface area contributed by atoms with E-state index in [4.69, 9.17) is 9.88 Å². The summed E-state index contributed by atoms with van der Waals surface area (Å²) in [6, 6.07) is 4.58. The lowest BCUT2D eigenvalue weighted by molar-refractivity contribution is -0.385. The predicted molar refractivity (Wildman–Crippen MR) is 75.3 cm³/mol. The van der Waals surface area contributed by atoms with Crippen LogP contribution in [0.2, 0.25) is 0 Å². The van der Waals surface area contributed by atoms with E-state index in [1.54, 1.807) is 6.07 Å². The van der Waals surface area contributed by atoms with E-state index in [0.717, 1.165) is 6.42 Å². The molecule has 0 atom stereocenters. The Morgan fingerprint density at radius 3 is 2.70 bits per heavy atom. The second kappa shape index (κ2) is 7.06. The Kier molecular flexibility index (Phi) is 5.71. The second-order valence-corrected chi connectivity index (χ2v) is 5.79. The van der Waals surface area contributed by atoms with Crippen molar-refractivity contribution in [1.82, 2.24) is 0 Å². The molecule has 0 radical (unpaired) electrons. The van der Waals surface area contributed by atoms with E-state index in [1.807, 2.05) is 6.92 Å². The quantitative estimate of drug-likeness (QED) is 0.547. The van der Waals surface area contributed by atoms with Gasteiger partial charge in [-0.3, -0.25) is 10.1 Å². The third-order valence-corrected chi connectivity index (χ3v) is 3.12. The fourth-order valence-corrected chi connectivity index (χ4v) is 1.90. The van der Waals surface area contributed by atoms with E-state index in [9.17, 15) is 18.5 Å². The smallest absolute Gasteiger partial charge is 0.333 e. The van der Waals surface area contributed by atoms with Crippen LogP contribution in [-0.2, 0) is 10.0 Å². The van der Waals surface area contributed by atoms with Crippen molar-refractivity contribution < 1.29 is 18.1 Å². The lowest BCUT2D eigenvalue weighted by Gasteiger charge is -2.10. The van der Waals surface area contributed by atoms with Gasteiger partial charge in [-0.25, -0.2) is 13.6 Å². The summed E-state index contributed by atoms with van der Waals surface area (Å²) in [5.74, 6) is -0.165. The standard InChI is InChI=1S/C11H17N3O5S/c1-2-7-19-10-5-3-4-9(11(10)14(15)16)13-6-8-20(12,17)18/h3-5,13H,2,6-8H2,1H3,(H2,12,17,18). The molecule has 0 aliphatic heterocycles. The summed E-state index contributed by atoms with van der Waals surface area (Å²) < 4.78 is 27.0. The largest absolute Gasteiger partial charge is 0.487 e. The highest BCUT2D eigenvalue weighted by Crippen LogP contribution is 2.34. The van der Waals surface area contributed by atoms with Crippen LogP contribution in [0.3, 0.4) is 0 Å². The van der Waals surface area contributed by atoms with E-state index >= 15 is 0 Å². The molecule has 0 aromatic heterocycles. The Labute approximate surface area is 117 Å². The summed E-state index contributed by atoms with van der Waals surface area (Å²) in [5, 5.41) is 18.7. The number of nitrogens with one attached hydrogen (secondary N) is 1. The minimum atomic E-state index is -3.62. The molecule has 1 rings (SSSR count). The Bertz CT molecular complexity index is 573. The first-order valence-electron chi connectivity index (χ1n) is 5.99. The number of nitrogens with two attached hydrogens (primary N) is 1. The molecule has 1 aromatic carbocycles. The van der Waals surface area contributed by atoms with Crippen LogP contribution in [-0.4, -0.2) is 32.2 Å². The zero-order valence-corrected chi connectivity index (χ0v) is 11.9. The normalized spacial score (nSPS) is 11.1. The fourth-order valence-electron chi connectivity index (χ4n) is 1.51. The van der Waals surface area contributed by atoms with Crippen LogP contribution in [0.4, 0.5) is 11.4 Å². The van der Waals surface area contributed by atoms with Crippen LogP contribution < -0.4 is 15.2 Å². The van der Waals surface area contributed by atoms with E-state index in [-0.39, 0.29) is 29.4 Å². The van der Waals surface area contributed by atoms with Crippen molar-refractivity contribution in [2.24, 2.45) is 5.14 Å². The van der Waals surface area contributed by atoms with E-state index in [1.165, 1.54) is 12.1 Å². The monoisotopic (exact) mass is 303 g/mol. The number of hydrogen-bond donors (Lipinski definition) is 2. The topological polar surface area (TPSA) is 125 Å². The zero-order valence-electron chi connectivity index (χ0n) is 11.0. The number of ether oxygens (including phenoxy) is 1. The number of nitro groups is 1. The van der Waals surface area contributed by atoms with Gasteiger partial charge >= 0.3 is 5.69 Å². The molecule has 20 heavy (non-hydrogen) atoms. The van der Waals surface area contributed by atoms with Gasteiger partial charge in [0.15, 0.2) is 5.75 Å². The molecule has 3 N–H and O–H groups in total. The maximum atomic E-state index is 11.1. The molecule has 8 nitrogen and oxygen atoms in total. The molecule has 0 aliphatic carbocycles. The highest BCUT2D eigenvalue weighted by Gasteiger charge is 2.20. The molecule has 0 aliphatic rings. The molecule has 0 saturated carbocycles. The van der Waals surface area contributed by atoms with Gasteiger partial charge in [0, 0.05) is 6.54 Å². The minimum Gasteiger partial charge on any atom is -0.487 e. The number of benzene rings is 1. The number of anilines is 1. The average Bonchev–Trinajstić information content (AvgIpc) is 2.34. The molecule has 0 spiro atoms. The molecule has 9 heteroatoms. The van der Waals surface area contributed by atoms with Gasteiger partial charge < -0.3 is 10.1 Å². The summed E-state index contributed by atoms with van der Waals surface area (Å²) in [6.07, 6.45) is 0.722. The van der Waals surface area contributed by atoms with Crippen LogP contribution in [0.15, 0.2) is 18.2 Å². The van der Waals surface area contributed by atoms with Gasteiger partial charge in [-0.15, -0.1) is 0 Å². The third-order valence-electron chi connectivity index (χ3n) is 2.35.